The van der Waals surface area contributed by atoms with Gasteiger partial charge in [0, 0.05) is 11.3 Å². The van der Waals surface area contributed by atoms with Crippen LogP contribution in [-0.2, 0) is 0 Å². The largest absolute Gasteiger partial charge is 0.382 e. The summed E-state index contributed by atoms with van der Waals surface area (Å²) in [6.07, 6.45) is 7.15. The molecule has 1 aliphatic rings. The Morgan fingerprint density at radius 1 is 1.50 bits per heavy atom. The molecule has 1 aromatic heterocycles. The van der Waals surface area contributed by atoms with Crippen LogP contribution in [0, 0.1) is 0 Å². The zero-order valence-electron chi connectivity index (χ0n) is 9.11. The number of anilines is 2. The monoisotopic (exact) mass is 258 g/mol. The van der Waals surface area contributed by atoms with Crippen LogP contribution in [0.4, 0.5) is 11.6 Å². The van der Waals surface area contributed by atoms with Gasteiger partial charge in [-0.25, -0.2) is 9.97 Å². The summed E-state index contributed by atoms with van der Waals surface area (Å²) in [5.41, 5.74) is 5.62. The van der Waals surface area contributed by atoms with Crippen LogP contribution >= 0.6 is 23.4 Å². The van der Waals surface area contributed by atoms with Gasteiger partial charge in [-0.3, -0.25) is 0 Å². The van der Waals surface area contributed by atoms with E-state index in [1.807, 2.05) is 11.8 Å². The van der Waals surface area contributed by atoms with E-state index >= 15 is 0 Å². The molecule has 2 atom stereocenters. The van der Waals surface area contributed by atoms with E-state index in [1.165, 1.54) is 12.7 Å². The number of thioether (sulfide) groups is 1. The van der Waals surface area contributed by atoms with E-state index in [0.717, 1.165) is 18.1 Å². The maximum Gasteiger partial charge on any atom is 0.150 e. The Morgan fingerprint density at radius 3 is 3.00 bits per heavy atom. The minimum atomic E-state index is 0.332. The van der Waals surface area contributed by atoms with Crippen molar-refractivity contribution >= 4 is 35.0 Å². The molecule has 0 aliphatic heterocycles. The first kappa shape index (κ1) is 11.8. The number of rotatable bonds is 3. The molecule has 2 unspecified atom stereocenters. The molecular weight excluding hydrogens is 244 g/mol. The first-order valence-electron chi connectivity index (χ1n) is 5.26. The van der Waals surface area contributed by atoms with Crippen LogP contribution < -0.4 is 11.1 Å². The lowest BCUT2D eigenvalue weighted by atomic mass is 10.2. The lowest BCUT2D eigenvalue weighted by Crippen LogP contribution is -2.17. The highest BCUT2D eigenvalue weighted by Gasteiger charge is 2.24. The molecule has 0 amide bonds. The highest BCUT2D eigenvalue weighted by atomic mass is 35.5. The van der Waals surface area contributed by atoms with Crippen LogP contribution in [0.1, 0.15) is 19.3 Å². The van der Waals surface area contributed by atoms with Crippen molar-refractivity contribution in [1.29, 1.82) is 0 Å². The lowest BCUT2D eigenvalue weighted by molar-refractivity contribution is 0.751. The molecule has 0 bridgehead atoms. The molecule has 16 heavy (non-hydrogen) atoms. The number of nitrogens with zero attached hydrogens (tertiary/aromatic N) is 2. The van der Waals surface area contributed by atoms with Crippen molar-refractivity contribution in [3.63, 3.8) is 0 Å². The van der Waals surface area contributed by atoms with E-state index < -0.39 is 0 Å². The molecule has 3 N–H and O–H groups in total. The molecule has 1 heterocycles. The Hall–Kier alpha value is -0.680. The van der Waals surface area contributed by atoms with E-state index in [0.29, 0.717) is 22.7 Å². The number of nitrogen functional groups attached to an aromatic ring is 1. The SMILES string of the molecule is CSC1CCC(Nc2ncnc(N)c2Cl)C1. The maximum absolute atomic E-state index is 6.02. The minimum Gasteiger partial charge on any atom is -0.382 e. The van der Waals surface area contributed by atoms with Crippen LogP contribution in [0.25, 0.3) is 0 Å². The van der Waals surface area contributed by atoms with Gasteiger partial charge in [0.15, 0.2) is 5.82 Å². The van der Waals surface area contributed by atoms with Crippen molar-refractivity contribution in [3.8, 4) is 0 Å². The average molecular weight is 259 g/mol. The van der Waals surface area contributed by atoms with Crippen molar-refractivity contribution in [3.05, 3.63) is 11.3 Å². The fourth-order valence-corrected chi connectivity index (χ4v) is 2.91. The van der Waals surface area contributed by atoms with Gasteiger partial charge in [0.05, 0.1) is 0 Å². The summed E-state index contributed by atoms with van der Waals surface area (Å²) in [7, 11) is 0. The summed E-state index contributed by atoms with van der Waals surface area (Å²) >= 11 is 7.95. The summed E-state index contributed by atoms with van der Waals surface area (Å²) in [6, 6.07) is 0.448. The highest BCUT2D eigenvalue weighted by molar-refractivity contribution is 7.99. The summed E-state index contributed by atoms with van der Waals surface area (Å²) in [6.45, 7) is 0. The van der Waals surface area contributed by atoms with Crippen LogP contribution in [0.2, 0.25) is 5.02 Å². The number of hydrogen-bond donors (Lipinski definition) is 2. The number of aromatic nitrogens is 2. The van der Waals surface area contributed by atoms with E-state index in [1.54, 1.807) is 0 Å². The van der Waals surface area contributed by atoms with Crippen LogP contribution in [0.5, 0.6) is 0 Å². The first-order valence-corrected chi connectivity index (χ1v) is 6.92. The second kappa shape index (κ2) is 5.10. The summed E-state index contributed by atoms with van der Waals surface area (Å²) < 4.78 is 0. The average Bonchev–Trinajstić information content (AvgIpc) is 2.73. The molecule has 0 saturated heterocycles. The molecule has 1 aliphatic carbocycles. The first-order chi connectivity index (χ1) is 7.70. The predicted octanol–water partition coefficient (Wildman–Crippen LogP) is 2.41. The second-order valence-electron chi connectivity index (χ2n) is 3.93. The Morgan fingerprint density at radius 2 is 2.31 bits per heavy atom. The third-order valence-corrected chi connectivity index (χ3v) is 4.34. The molecule has 6 heteroatoms. The molecule has 4 nitrogen and oxygen atoms in total. The molecule has 88 valence electrons. The van der Waals surface area contributed by atoms with Gasteiger partial charge < -0.3 is 11.1 Å². The van der Waals surface area contributed by atoms with Gasteiger partial charge in [-0.15, -0.1) is 0 Å². The van der Waals surface area contributed by atoms with E-state index in [9.17, 15) is 0 Å². The van der Waals surface area contributed by atoms with E-state index in [4.69, 9.17) is 17.3 Å². The normalized spacial score (nSPS) is 24.6. The van der Waals surface area contributed by atoms with Crippen molar-refractivity contribution in [1.82, 2.24) is 9.97 Å². The molecule has 0 radical (unpaired) electrons. The topological polar surface area (TPSA) is 63.8 Å². The van der Waals surface area contributed by atoms with Crippen LogP contribution in [-0.4, -0.2) is 27.5 Å². The van der Waals surface area contributed by atoms with Crippen molar-refractivity contribution in [2.45, 2.75) is 30.6 Å². The van der Waals surface area contributed by atoms with Crippen molar-refractivity contribution in [2.24, 2.45) is 0 Å². The third-order valence-electron chi connectivity index (χ3n) is 2.88. The van der Waals surface area contributed by atoms with Gasteiger partial charge in [0.1, 0.15) is 17.2 Å². The van der Waals surface area contributed by atoms with E-state index in [2.05, 4.69) is 21.5 Å². The zero-order valence-corrected chi connectivity index (χ0v) is 10.7. The Bertz CT molecular complexity index is 374. The molecule has 2 rings (SSSR count). The smallest absolute Gasteiger partial charge is 0.150 e. The number of hydrogen-bond acceptors (Lipinski definition) is 5. The van der Waals surface area contributed by atoms with Crippen molar-refractivity contribution in [2.75, 3.05) is 17.3 Å². The molecular formula is C10H15ClN4S. The summed E-state index contributed by atoms with van der Waals surface area (Å²) in [5.74, 6) is 0.986. The zero-order chi connectivity index (χ0) is 11.5. The van der Waals surface area contributed by atoms with Gasteiger partial charge in [-0.2, -0.15) is 11.8 Å². The Balaban J connectivity index is 2.02. The van der Waals surface area contributed by atoms with Crippen molar-refractivity contribution < 1.29 is 0 Å². The summed E-state index contributed by atoms with van der Waals surface area (Å²) in [5, 5.41) is 4.51. The van der Waals surface area contributed by atoms with Gasteiger partial charge in [0.25, 0.3) is 0 Å². The van der Waals surface area contributed by atoms with Gasteiger partial charge in [0.2, 0.25) is 0 Å². The number of nitrogens with one attached hydrogen (secondary N) is 1. The maximum atomic E-state index is 6.02. The summed E-state index contributed by atoms with van der Waals surface area (Å²) in [4.78, 5) is 7.95. The second-order valence-corrected chi connectivity index (χ2v) is 5.45. The quantitative estimate of drug-likeness (QED) is 0.872. The molecule has 1 saturated carbocycles. The molecule has 0 aromatic carbocycles. The fourth-order valence-electron chi connectivity index (χ4n) is 1.96. The van der Waals surface area contributed by atoms with Crippen LogP contribution in [0.15, 0.2) is 6.33 Å². The van der Waals surface area contributed by atoms with E-state index in [-0.39, 0.29) is 0 Å². The number of halogens is 1. The highest BCUT2D eigenvalue weighted by Crippen LogP contribution is 2.32. The fraction of sp³-hybridized carbons (Fsp3) is 0.600. The van der Waals surface area contributed by atoms with Crippen LogP contribution in [0.3, 0.4) is 0 Å². The Kier molecular flexibility index (Phi) is 3.76. The van der Waals surface area contributed by atoms with Gasteiger partial charge >= 0.3 is 0 Å². The third kappa shape index (κ3) is 2.52. The Labute approximate surface area is 104 Å². The number of nitrogens with two attached hydrogens (primary N) is 1. The molecule has 1 aromatic rings. The molecule has 0 spiro atoms. The minimum absolute atomic E-state index is 0.332. The molecule has 1 fully saturated rings. The van der Waals surface area contributed by atoms with Gasteiger partial charge in [-0.1, -0.05) is 11.6 Å². The predicted molar refractivity (Wildman–Crippen MR) is 70.0 cm³/mol. The standard InChI is InChI=1S/C10H15ClN4S/c1-16-7-3-2-6(4-7)15-10-8(11)9(12)13-5-14-10/h5-7H,2-4H2,1H3,(H3,12,13,14,15). The lowest BCUT2D eigenvalue weighted by Gasteiger charge is -2.14. The van der Waals surface area contributed by atoms with Gasteiger partial charge in [-0.05, 0) is 25.5 Å².